The lowest BCUT2D eigenvalue weighted by Gasteiger charge is -2.02. The van der Waals surface area contributed by atoms with Crippen LogP contribution in [0.5, 0.6) is 0 Å². The Morgan fingerprint density at radius 1 is 1.35 bits per heavy atom. The average Bonchev–Trinajstić information content (AvgIpc) is 3.00. The summed E-state index contributed by atoms with van der Waals surface area (Å²) in [6.45, 7) is 0.544. The van der Waals surface area contributed by atoms with Gasteiger partial charge in [-0.2, -0.15) is 15.2 Å². The molecule has 100 valence electrons. The lowest BCUT2D eigenvalue weighted by atomic mass is 10.2. The molecule has 7 heteroatoms. The number of pyridine rings is 1. The summed E-state index contributed by atoms with van der Waals surface area (Å²) in [5, 5.41) is 14.9. The lowest BCUT2D eigenvalue weighted by Crippen LogP contribution is -2.14. The maximum atomic E-state index is 11.8. The maximum absolute atomic E-state index is 11.8. The molecule has 0 bridgehead atoms. The Balaban J connectivity index is 1.71. The summed E-state index contributed by atoms with van der Waals surface area (Å²) in [5.41, 5.74) is 2.58. The van der Waals surface area contributed by atoms with Crippen LogP contribution in [-0.4, -0.2) is 27.0 Å². The monoisotopic (exact) mass is 268 g/mol. The number of carbonyl (C=O) groups is 1. The smallest absolute Gasteiger partial charge is 0.249 e. The molecule has 7 nitrogen and oxygen atoms in total. The lowest BCUT2D eigenvalue weighted by molar-refractivity contribution is -0.117. The van der Waals surface area contributed by atoms with Gasteiger partial charge in [0.25, 0.3) is 0 Å². The van der Waals surface area contributed by atoms with Crippen molar-refractivity contribution in [3.8, 4) is 0 Å². The van der Waals surface area contributed by atoms with E-state index in [9.17, 15) is 4.79 Å². The molecule has 0 spiro atoms. The number of anilines is 1. The molecule has 1 N–H and O–H groups in total. The third-order valence-corrected chi connectivity index (χ3v) is 3.41. The molecule has 1 aliphatic heterocycles. The molecule has 20 heavy (non-hydrogen) atoms. The van der Waals surface area contributed by atoms with Crippen molar-refractivity contribution in [1.29, 1.82) is 0 Å². The van der Waals surface area contributed by atoms with Gasteiger partial charge in [-0.15, -0.1) is 5.10 Å². The first kappa shape index (κ1) is 11.3. The molecule has 2 aromatic heterocycles. The maximum Gasteiger partial charge on any atom is 0.249 e. The zero-order chi connectivity index (χ0) is 13.5. The van der Waals surface area contributed by atoms with Crippen LogP contribution in [0.4, 0.5) is 5.95 Å². The van der Waals surface area contributed by atoms with Gasteiger partial charge in [0.15, 0.2) is 5.65 Å². The van der Waals surface area contributed by atoms with E-state index in [2.05, 4.69) is 25.6 Å². The number of aromatic nitrogens is 3. The van der Waals surface area contributed by atoms with Crippen LogP contribution in [0.15, 0.2) is 34.6 Å². The Hall–Kier alpha value is -2.57. The van der Waals surface area contributed by atoms with Gasteiger partial charge in [0, 0.05) is 11.5 Å². The highest BCUT2D eigenvalue weighted by Gasteiger charge is 2.30. The first-order valence-corrected chi connectivity index (χ1v) is 6.54. The SMILES string of the molecule is O=C(Nc1nc2cccc(C3=CN=NC3)n2n1)C1CC1. The summed E-state index contributed by atoms with van der Waals surface area (Å²) in [4.78, 5) is 16.1. The molecule has 0 unspecified atom stereocenters. The van der Waals surface area contributed by atoms with Crippen molar-refractivity contribution in [2.24, 2.45) is 16.1 Å². The number of fused-ring (bicyclic) bond motifs is 1. The minimum absolute atomic E-state index is 0.00698. The number of hydrogen-bond acceptors (Lipinski definition) is 5. The van der Waals surface area contributed by atoms with Crippen LogP contribution < -0.4 is 5.32 Å². The summed E-state index contributed by atoms with van der Waals surface area (Å²) in [6, 6.07) is 5.70. The highest BCUT2D eigenvalue weighted by molar-refractivity contribution is 5.92. The highest BCUT2D eigenvalue weighted by atomic mass is 16.2. The fourth-order valence-electron chi connectivity index (χ4n) is 2.17. The Morgan fingerprint density at radius 3 is 3.00 bits per heavy atom. The van der Waals surface area contributed by atoms with Gasteiger partial charge in [-0.05, 0) is 25.0 Å². The number of amides is 1. The van der Waals surface area contributed by atoms with Crippen LogP contribution in [0, 0.1) is 5.92 Å². The molecule has 2 aromatic rings. The summed E-state index contributed by atoms with van der Waals surface area (Å²) >= 11 is 0. The Morgan fingerprint density at radius 2 is 2.25 bits per heavy atom. The van der Waals surface area contributed by atoms with Gasteiger partial charge in [-0.1, -0.05) is 6.07 Å². The van der Waals surface area contributed by atoms with Crippen LogP contribution in [0.2, 0.25) is 0 Å². The average molecular weight is 268 g/mol. The largest absolute Gasteiger partial charge is 0.293 e. The number of hydrogen-bond donors (Lipinski definition) is 1. The summed E-state index contributed by atoms with van der Waals surface area (Å²) in [7, 11) is 0. The normalized spacial score (nSPS) is 17.5. The van der Waals surface area contributed by atoms with E-state index in [0.717, 1.165) is 24.1 Å². The molecule has 3 heterocycles. The zero-order valence-corrected chi connectivity index (χ0v) is 10.7. The van der Waals surface area contributed by atoms with Gasteiger partial charge in [0.2, 0.25) is 11.9 Å². The molecule has 1 aliphatic carbocycles. The van der Waals surface area contributed by atoms with Crippen molar-refractivity contribution in [3.63, 3.8) is 0 Å². The fourth-order valence-corrected chi connectivity index (χ4v) is 2.17. The molecule has 0 radical (unpaired) electrons. The van der Waals surface area contributed by atoms with Crippen LogP contribution in [0.25, 0.3) is 11.2 Å². The molecule has 0 aromatic carbocycles. The predicted molar refractivity (Wildman–Crippen MR) is 72.0 cm³/mol. The Kier molecular flexibility index (Phi) is 2.38. The second-order valence-corrected chi connectivity index (χ2v) is 4.95. The molecule has 2 aliphatic rings. The molecule has 0 atom stereocenters. The van der Waals surface area contributed by atoms with Crippen molar-refractivity contribution in [3.05, 3.63) is 30.1 Å². The van der Waals surface area contributed by atoms with Crippen LogP contribution >= 0.6 is 0 Å². The van der Waals surface area contributed by atoms with E-state index in [1.807, 2.05) is 18.2 Å². The second kappa shape index (κ2) is 4.22. The highest BCUT2D eigenvalue weighted by Crippen LogP contribution is 2.30. The van der Waals surface area contributed by atoms with Crippen LogP contribution in [0.1, 0.15) is 18.5 Å². The van der Waals surface area contributed by atoms with Gasteiger partial charge in [0.05, 0.1) is 18.4 Å². The predicted octanol–water partition coefficient (Wildman–Crippen LogP) is 1.88. The quantitative estimate of drug-likeness (QED) is 0.922. The van der Waals surface area contributed by atoms with E-state index in [1.165, 1.54) is 0 Å². The molecular weight excluding hydrogens is 256 g/mol. The molecule has 1 amide bonds. The van der Waals surface area contributed by atoms with E-state index in [-0.39, 0.29) is 11.8 Å². The molecule has 4 rings (SSSR count). The summed E-state index contributed by atoms with van der Waals surface area (Å²) < 4.78 is 1.71. The standard InChI is InChI=1S/C13H12N6O/c20-12(8-4-5-8)17-13-16-11-3-1-2-10(19(11)18-13)9-6-14-15-7-9/h1-3,6,8H,4-5,7H2,(H,17,18,20). The number of rotatable bonds is 3. The molecular formula is C13H12N6O. The van der Waals surface area contributed by atoms with E-state index in [1.54, 1.807) is 10.7 Å². The molecule has 0 saturated heterocycles. The van der Waals surface area contributed by atoms with E-state index in [4.69, 9.17) is 0 Å². The third kappa shape index (κ3) is 1.87. The van der Waals surface area contributed by atoms with Gasteiger partial charge >= 0.3 is 0 Å². The Labute approximate surface area is 114 Å². The first-order chi connectivity index (χ1) is 9.81. The van der Waals surface area contributed by atoms with Gasteiger partial charge in [-0.3, -0.25) is 10.1 Å². The van der Waals surface area contributed by atoms with E-state index >= 15 is 0 Å². The fraction of sp³-hybridized carbons (Fsp3) is 0.308. The Bertz CT molecular complexity index is 755. The minimum atomic E-state index is 0.00698. The van der Waals surface area contributed by atoms with Gasteiger partial charge in [-0.25, -0.2) is 4.52 Å². The van der Waals surface area contributed by atoms with Crippen molar-refractivity contribution < 1.29 is 4.79 Å². The zero-order valence-electron chi connectivity index (χ0n) is 10.7. The number of carbonyl (C=O) groups excluding carboxylic acids is 1. The number of nitrogens with one attached hydrogen (secondary N) is 1. The van der Waals surface area contributed by atoms with E-state index in [0.29, 0.717) is 18.1 Å². The van der Waals surface area contributed by atoms with Crippen molar-refractivity contribution >= 4 is 23.1 Å². The molecule has 1 fully saturated rings. The first-order valence-electron chi connectivity index (χ1n) is 6.54. The van der Waals surface area contributed by atoms with Crippen molar-refractivity contribution in [2.75, 3.05) is 11.9 Å². The number of nitrogens with zero attached hydrogens (tertiary/aromatic N) is 5. The van der Waals surface area contributed by atoms with Crippen molar-refractivity contribution in [1.82, 2.24) is 14.6 Å². The van der Waals surface area contributed by atoms with Gasteiger partial charge in [0.1, 0.15) is 0 Å². The minimum Gasteiger partial charge on any atom is -0.293 e. The summed E-state index contributed by atoms with van der Waals surface area (Å²) in [5.74, 6) is 0.491. The summed E-state index contributed by atoms with van der Waals surface area (Å²) in [6.07, 6.45) is 3.64. The van der Waals surface area contributed by atoms with Crippen LogP contribution in [0.3, 0.4) is 0 Å². The topological polar surface area (TPSA) is 84.0 Å². The third-order valence-electron chi connectivity index (χ3n) is 3.41. The number of azo groups is 1. The second-order valence-electron chi connectivity index (χ2n) is 4.95. The molecule has 1 saturated carbocycles. The van der Waals surface area contributed by atoms with Gasteiger partial charge < -0.3 is 0 Å². The van der Waals surface area contributed by atoms with Crippen LogP contribution in [-0.2, 0) is 4.79 Å². The van der Waals surface area contributed by atoms with Crippen molar-refractivity contribution in [2.45, 2.75) is 12.8 Å². The van der Waals surface area contributed by atoms with E-state index < -0.39 is 0 Å².